The van der Waals surface area contributed by atoms with Crippen LogP contribution in [0.5, 0.6) is 0 Å². The Morgan fingerprint density at radius 2 is 1.87 bits per heavy atom. The van der Waals surface area contributed by atoms with Crippen molar-refractivity contribution in [3.63, 3.8) is 0 Å². The van der Waals surface area contributed by atoms with Gasteiger partial charge in [0, 0.05) is 6.20 Å². The molecule has 1 N–H and O–H groups in total. The van der Waals surface area contributed by atoms with Crippen molar-refractivity contribution in [2.75, 3.05) is 5.32 Å². The number of anilines is 1. The highest BCUT2D eigenvalue weighted by Crippen LogP contribution is 2.25. The Hall–Kier alpha value is -3.76. The summed E-state index contributed by atoms with van der Waals surface area (Å²) in [5.74, 6) is 1.12. The third-order valence-corrected chi connectivity index (χ3v) is 3.88. The van der Waals surface area contributed by atoms with Crippen LogP contribution < -0.4 is 5.32 Å². The Balaban J connectivity index is 1.61. The summed E-state index contributed by atoms with van der Waals surface area (Å²) in [4.78, 5) is 32.2. The van der Waals surface area contributed by atoms with Crippen molar-refractivity contribution < 1.29 is 27.9 Å². The zero-order valence-electron chi connectivity index (χ0n) is 18.1. The maximum absolute atomic E-state index is 12.4. The summed E-state index contributed by atoms with van der Waals surface area (Å²) >= 11 is 0. The van der Waals surface area contributed by atoms with Gasteiger partial charge in [-0.15, -0.1) is 10.2 Å². The number of ether oxygens (including phenoxy) is 2. The van der Waals surface area contributed by atoms with Gasteiger partial charge in [-0.1, -0.05) is 0 Å². The number of amides is 1. The van der Waals surface area contributed by atoms with Gasteiger partial charge in [0.25, 0.3) is 11.8 Å². The molecule has 0 saturated heterocycles. The van der Waals surface area contributed by atoms with Crippen LogP contribution in [0.15, 0.2) is 21.1 Å². The van der Waals surface area contributed by atoms with E-state index in [1.54, 1.807) is 40.7 Å². The Labute approximate surface area is 178 Å². The largest absolute Gasteiger partial charge is 0.466 e. The quantitative estimate of drug-likeness (QED) is 0.596. The van der Waals surface area contributed by atoms with Gasteiger partial charge in [0.15, 0.2) is 6.61 Å². The Morgan fingerprint density at radius 3 is 2.48 bits per heavy atom. The summed E-state index contributed by atoms with van der Waals surface area (Å²) in [5.41, 5.74) is 0.476. The number of aromatic nitrogens is 4. The molecule has 0 unspecified atom stereocenters. The number of nitrogens with zero attached hydrogens (tertiary/aromatic N) is 4. The second-order valence-electron chi connectivity index (χ2n) is 7.72. The third-order valence-electron chi connectivity index (χ3n) is 3.88. The zero-order chi connectivity index (χ0) is 22.8. The summed E-state index contributed by atoms with van der Waals surface area (Å²) in [5, 5.41) is 10.2. The van der Waals surface area contributed by atoms with E-state index >= 15 is 0 Å². The number of rotatable bonds is 5. The number of nitrogens with one attached hydrogen (secondary N) is 1. The predicted octanol–water partition coefficient (Wildman–Crippen LogP) is 3.75. The summed E-state index contributed by atoms with van der Waals surface area (Å²) < 4.78 is 21.3. The normalized spacial score (nSPS) is 11.3. The molecule has 3 aromatic rings. The van der Waals surface area contributed by atoms with Crippen LogP contribution >= 0.6 is 0 Å². The van der Waals surface area contributed by atoms with Crippen LogP contribution in [-0.4, -0.2) is 37.8 Å². The van der Waals surface area contributed by atoms with E-state index in [4.69, 9.17) is 18.3 Å². The van der Waals surface area contributed by atoms with Crippen molar-refractivity contribution >= 4 is 18.0 Å². The highest BCUT2D eigenvalue weighted by Gasteiger charge is 2.20. The fraction of sp³-hybridized carbons (Fsp3) is 0.400. The third kappa shape index (κ3) is 5.65. The molecule has 0 atom stereocenters. The minimum atomic E-state index is -0.697. The lowest BCUT2D eigenvalue weighted by atomic mass is 10.2. The van der Waals surface area contributed by atoms with Crippen LogP contribution in [0, 0.1) is 20.8 Å². The Kier molecular flexibility index (Phi) is 6.04. The molecule has 3 aromatic heterocycles. The fourth-order valence-corrected chi connectivity index (χ4v) is 2.59. The average Bonchev–Trinajstić information content (AvgIpc) is 3.23. The molecular weight excluding hydrogens is 406 g/mol. The molecule has 31 heavy (non-hydrogen) atoms. The first-order valence-electron chi connectivity index (χ1n) is 9.42. The number of esters is 1. The van der Waals surface area contributed by atoms with E-state index in [0.717, 1.165) is 5.76 Å². The Bertz CT molecular complexity index is 1110. The molecule has 11 heteroatoms. The molecule has 1 amide bonds. The molecule has 0 spiro atoms. The van der Waals surface area contributed by atoms with Gasteiger partial charge in [-0.3, -0.25) is 5.32 Å². The average molecular weight is 429 g/mol. The number of carbonyl (C=O) groups is 2. The van der Waals surface area contributed by atoms with Crippen molar-refractivity contribution in [3.05, 3.63) is 40.9 Å². The number of furan rings is 1. The van der Waals surface area contributed by atoms with E-state index in [9.17, 15) is 9.59 Å². The molecule has 0 aliphatic heterocycles. The van der Waals surface area contributed by atoms with Gasteiger partial charge in [-0.2, -0.15) is 0 Å². The van der Waals surface area contributed by atoms with E-state index in [0.29, 0.717) is 17.0 Å². The van der Waals surface area contributed by atoms with Crippen LogP contribution in [-0.2, 0) is 16.1 Å². The standard InChI is InChI=1S/C20H23N5O6/c1-10-7-13(12(3)29-10)16-25-24-15(30-16)9-28-17(26)14-8-21-18(22-11(14)2)23-19(27)31-20(4,5)6/h7-8H,9H2,1-6H3,(H,21,22,23,27). The van der Waals surface area contributed by atoms with Crippen molar-refractivity contribution in [1.82, 2.24) is 20.2 Å². The summed E-state index contributed by atoms with van der Waals surface area (Å²) in [7, 11) is 0. The van der Waals surface area contributed by atoms with Gasteiger partial charge in [0.2, 0.25) is 5.95 Å². The van der Waals surface area contributed by atoms with E-state index in [1.807, 2.05) is 6.92 Å². The van der Waals surface area contributed by atoms with Gasteiger partial charge >= 0.3 is 12.1 Å². The number of carbonyl (C=O) groups excluding carboxylic acids is 2. The monoisotopic (exact) mass is 429 g/mol. The van der Waals surface area contributed by atoms with Crippen molar-refractivity contribution in [2.45, 2.75) is 53.8 Å². The first kappa shape index (κ1) is 21.9. The van der Waals surface area contributed by atoms with Crippen molar-refractivity contribution in [2.24, 2.45) is 0 Å². The summed E-state index contributed by atoms with van der Waals surface area (Å²) in [6.45, 7) is 10.2. The summed E-state index contributed by atoms with van der Waals surface area (Å²) in [6.07, 6.45) is 0.561. The first-order chi connectivity index (χ1) is 14.5. The number of hydrogen-bond donors (Lipinski definition) is 1. The molecule has 3 heterocycles. The van der Waals surface area contributed by atoms with Crippen LogP contribution in [0.25, 0.3) is 11.5 Å². The molecule has 0 saturated carbocycles. The van der Waals surface area contributed by atoms with Crippen molar-refractivity contribution in [3.8, 4) is 11.5 Å². The number of aryl methyl sites for hydroxylation is 3. The van der Waals surface area contributed by atoms with Gasteiger partial charge in [0.1, 0.15) is 17.1 Å². The zero-order valence-corrected chi connectivity index (χ0v) is 18.1. The molecule has 11 nitrogen and oxygen atoms in total. The minimum Gasteiger partial charge on any atom is -0.466 e. The smallest absolute Gasteiger partial charge is 0.414 e. The molecular formula is C20H23N5O6. The molecule has 0 bridgehead atoms. The maximum atomic E-state index is 12.4. The van der Waals surface area contributed by atoms with Gasteiger partial charge < -0.3 is 18.3 Å². The highest BCUT2D eigenvalue weighted by atomic mass is 16.6. The van der Waals surface area contributed by atoms with Gasteiger partial charge in [0.05, 0.1) is 16.8 Å². The van der Waals surface area contributed by atoms with Crippen LogP contribution in [0.3, 0.4) is 0 Å². The van der Waals surface area contributed by atoms with Crippen LogP contribution in [0.2, 0.25) is 0 Å². The SMILES string of the molecule is Cc1cc(-c2nnc(COC(=O)c3cnc(NC(=O)OC(C)(C)C)nc3C)o2)c(C)o1. The van der Waals surface area contributed by atoms with E-state index in [-0.39, 0.29) is 29.9 Å². The molecule has 0 aromatic carbocycles. The predicted molar refractivity (Wildman–Crippen MR) is 107 cm³/mol. The Morgan fingerprint density at radius 1 is 1.13 bits per heavy atom. The van der Waals surface area contributed by atoms with E-state index < -0.39 is 17.7 Å². The highest BCUT2D eigenvalue weighted by molar-refractivity contribution is 5.90. The topological polar surface area (TPSA) is 142 Å². The molecule has 0 aliphatic carbocycles. The second kappa shape index (κ2) is 8.54. The fourth-order valence-electron chi connectivity index (χ4n) is 2.59. The summed E-state index contributed by atoms with van der Waals surface area (Å²) in [6, 6.07) is 1.78. The van der Waals surface area contributed by atoms with Crippen LogP contribution in [0.1, 0.15) is 54.2 Å². The lowest BCUT2D eigenvalue weighted by Gasteiger charge is -2.19. The molecule has 0 fully saturated rings. The molecule has 164 valence electrons. The van der Waals surface area contributed by atoms with Gasteiger partial charge in [-0.05, 0) is 47.6 Å². The minimum absolute atomic E-state index is 0.00983. The van der Waals surface area contributed by atoms with Crippen molar-refractivity contribution in [1.29, 1.82) is 0 Å². The second-order valence-corrected chi connectivity index (χ2v) is 7.72. The maximum Gasteiger partial charge on any atom is 0.414 e. The molecule has 3 rings (SSSR count). The molecule has 0 aliphatic rings. The van der Waals surface area contributed by atoms with E-state index in [2.05, 4.69) is 25.5 Å². The van der Waals surface area contributed by atoms with E-state index in [1.165, 1.54) is 6.20 Å². The van der Waals surface area contributed by atoms with Gasteiger partial charge in [-0.25, -0.2) is 19.6 Å². The lowest BCUT2D eigenvalue weighted by Crippen LogP contribution is -2.28. The first-order valence-corrected chi connectivity index (χ1v) is 9.42. The van der Waals surface area contributed by atoms with Crippen LogP contribution in [0.4, 0.5) is 10.7 Å². The lowest BCUT2D eigenvalue weighted by molar-refractivity contribution is 0.0436. The molecule has 0 radical (unpaired) electrons. The number of hydrogen-bond acceptors (Lipinski definition) is 10.